The zero-order chi connectivity index (χ0) is 49.7. The van der Waals surface area contributed by atoms with Gasteiger partial charge < -0.3 is 34.8 Å². The Labute approximate surface area is 416 Å². The van der Waals surface area contributed by atoms with E-state index in [1.54, 1.807) is 18.3 Å². The van der Waals surface area contributed by atoms with Gasteiger partial charge in [-0.05, 0) is 74.4 Å². The van der Waals surface area contributed by atoms with Gasteiger partial charge in [0.1, 0.15) is 23.1 Å². The third-order valence-electron chi connectivity index (χ3n) is 15.9. The van der Waals surface area contributed by atoms with Gasteiger partial charge in [-0.25, -0.2) is 4.39 Å². The molecule has 2 aromatic heterocycles. The number of nitrogens with one attached hydrogen (secondary N) is 2. The fourth-order valence-electron chi connectivity index (χ4n) is 12.0. The van der Waals surface area contributed by atoms with Crippen molar-refractivity contribution in [1.82, 2.24) is 40.3 Å². The highest BCUT2D eigenvalue weighted by molar-refractivity contribution is 6.25. The number of nitrogens with zero attached hydrogens (tertiary/aromatic N) is 8. The number of halogens is 1. The average Bonchev–Trinajstić information content (AvgIpc) is 4.01. The minimum Gasteiger partial charge on any atom is -0.483 e. The van der Waals surface area contributed by atoms with Gasteiger partial charge in [-0.3, -0.25) is 39.2 Å². The summed E-state index contributed by atoms with van der Waals surface area (Å²) in [5.41, 5.74) is 3.09. The van der Waals surface area contributed by atoms with Crippen LogP contribution in [0.1, 0.15) is 77.6 Å². The van der Waals surface area contributed by atoms with E-state index in [1.807, 2.05) is 42.5 Å². The Morgan fingerprint density at radius 1 is 0.847 bits per heavy atom. The van der Waals surface area contributed by atoms with Gasteiger partial charge in [0.15, 0.2) is 5.82 Å². The van der Waals surface area contributed by atoms with E-state index in [2.05, 4.69) is 36.2 Å². The summed E-state index contributed by atoms with van der Waals surface area (Å²) in [6, 6.07) is 16.7. The van der Waals surface area contributed by atoms with Crippen LogP contribution in [0.3, 0.4) is 0 Å². The average molecular weight is 977 g/mol. The number of aromatic nitrogens is 3. The van der Waals surface area contributed by atoms with Crippen molar-refractivity contribution in [2.75, 3.05) is 81.9 Å². The number of carboxylic acid groups (broad SMARTS) is 1. The number of hydrogen-bond acceptors (Lipinski definition) is 14. The lowest BCUT2D eigenvalue weighted by molar-refractivity contribution is -0.136. The number of carbonyl (C=O) groups is 5. The lowest BCUT2D eigenvalue weighted by Gasteiger charge is -2.40. The summed E-state index contributed by atoms with van der Waals surface area (Å²) in [5.74, 6) is 1.49. The number of fused-ring (bicyclic) bond motifs is 5. The van der Waals surface area contributed by atoms with E-state index in [9.17, 15) is 19.2 Å². The maximum absolute atomic E-state index is 17.1. The third kappa shape index (κ3) is 8.98. The van der Waals surface area contributed by atoms with Crippen molar-refractivity contribution in [3.63, 3.8) is 0 Å². The van der Waals surface area contributed by atoms with Crippen molar-refractivity contribution in [3.05, 3.63) is 83.3 Å². The van der Waals surface area contributed by atoms with E-state index < -0.39 is 29.6 Å². The molecule has 0 spiro atoms. The van der Waals surface area contributed by atoms with Gasteiger partial charge in [0.25, 0.3) is 18.3 Å². The maximum Gasteiger partial charge on any atom is 0.319 e. The molecule has 3 unspecified atom stereocenters. The molecule has 3 atom stereocenters. The van der Waals surface area contributed by atoms with E-state index in [-0.39, 0.29) is 47.9 Å². The number of anilines is 2. The number of benzene rings is 3. The Morgan fingerprint density at radius 3 is 2.25 bits per heavy atom. The molecule has 7 aliphatic rings. The van der Waals surface area contributed by atoms with E-state index in [0.29, 0.717) is 58.1 Å². The molecule has 72 heavy (non-hydrogen) atoms. The van der Waals surface area contributed by atoms with Gasteiger partial charge in [-0.2, -0.15) is 9.97 Å². The maximum atomic E-state index is 17.1. The summed E-state index contributed by atoms with van der Waals surface area (Å²) >= 11 is 0. The number of piperidine rings is 2. The van der Waals surface area contributed by atoms with Crippen LogP contribution in [0.15, 0.2) is 60.8 Å². The zero-order valence-corrected chi connectivity index (χ0v) is 40.0. The number of ether oxygens (including phenoxy) is 1. The van der Waals surface area contributed by atoms with Gasteiger partial charge in [0, 0.05) is 112 Å². The smallest absolute Gasteiger partial charge is 0.319 e. The lowest BCUT2D eigenvalue weighted by atomic mass is 9.94. The van der Waals surface area contributed by atoms with Crippen LogP contribution >= 0.6 is 0 Å². The first-order chi connectivity index (χ1) is 35.0. The fourth-order valence-corrected chi connectivity index (χ4v) is 12.0. The summed E-state index contributed by atoms with van der Waals surface area (Å²) in [6.07, 6.45) is 14.1. The van der Waals surface area contributed by atoms with Crippen LogP contribution in [-0.2, 0) is 14.4 Å². The van der Waals surface area contributed by atoms with Crippen molar-refractivity contribution >= 4 is 63.3 Å². The molecule has 6 aliphatic heterocycles. The van der Waals surface area contributed by atoms with E-state index in [4.69, 9.17) is 36.0 Å². The summed E-state index contributed by atoms with van der Waals surface area (Å²) in [7, 11) is 0. The molecule has 372 valence electrons. The first-order valence-electron chi connectivity index (χ1n) is 25.1. The van der Waals surface area contributed by atoms with Crippen LogP contribution in [-0.4, -0.2) is 155 Å². The van der Waals surface area contributed by atoms with Crippen molar-refractivity contribution in [2.45, 2.75) is 69.5 Å². The predicted octanol–water partition coefficient (Wildman–Crippen LogP) is 4.70. The monoisotopic (exact) mass is 976 g/mol. The second kappa shape index (κ2) is 19.5. The Kier molecular flexibility index (Phi) is 12.8. The number of amides is 4. The molecule has 2 bridgehead atoms. The molecule has 4 amide bonds. The molecule has 5 aromatic rings. The largest absolute Gasteiger partial charge is 0.483 e. The highest BCUT2D eigenvalue weighted by Crippen LogP contribution is 2.47. The summed E-state index contributed by atoms with van der Waals surface area (Å²) in [6.45, 7) is 9.11. The summed E-state index contributed by atoms with van der Waals surface area (Å²) in [5, 5.41) is 15.1. The first kappa shape index (κ1) is 47.3. The highest BCUT2D eigenvalue weighted by atomic mass is 19.1. The molecule has 12 rings (SSSR count). The fraction of sp³-hybridized carbons (Fsp3) is 0.444. The number of piperazine rings is 2. The van der Waals surface area contributed by atoms with Crippen molar-refractivity contribution in [2.24, 2.45) is 11.3 Å². The van der Waals surface area contributed by atoms with Gasteiger partial charge in [0.2, 0.25) is 11.8 Å². The van der Waals surface area contributed by atoms with Crippen LogP contribution in [0.5, 0.6) is 6.01 Å². The Bertz CT molecular complexity index is 3020. The quantitative estimate of drug-likeness (QED) is 0.0937. The van der Waals surface area contributed by atoms with Crippen LogP contribution in [0.2, 0.25) is 0 Å². The molecular weight excluding hydrogens is 920 g/mol. The minimum absolute atomic E-state index is 0.0132. The second-order valence-electron chi connectivity index (χ2n) is 20.5. The van der Waals surface area contributed by atoms with Crippen molar-refractivity contribution in [1.29, 1.82) is 0 Å². The van der Waals surface area contributed by atoms with E-state index in [0.717, 1.165) is 125 Å². The van der Waals surface area contributed by atoms with E-state index >= 15 is 4.39 Å². The predicted molar refractivity (Wildman–Crippen MR) is 267 cm³/mol. The molecule has 5 saturated heterocycles. The van der Waals surface area contributed by atoms with Crippen LogP contribution in [0.25, 0.3) is 32.9 Å². The standard InChI is InChI=1S/C53H55FN10O5.CH2O2/c1-2-33-6-3-7-34-8-4-9-37(43(33)34)46-45(54)47-39(26-55-46)48(63-28-35-12-13-36(29-63)56-35)59-52(58-47)69-31-53(18-19-53)30-61-24-22-60(23-25-61)27-32-16-20-62(21-17-32)40-11-5-10-38-44(40)51(68)64(50(38)67)41-14-15-42(65)57-49(41)66;2-1-3/h1,3-11,26,32,35-36,41,56H,12-25,27-31H2,(H,57,65,66);1H,(H,2,3). The second-order valence-corrected chi connectivity index (χ2v) is 20.5. The Hall–Kier alpha value is -7.07. The molecule has 18 heteroatoms. The van der Waals surface area contributed by atoms with E-state index in [1.165, 1.54) is 0 Å². The molecule has 17 nitrogen and oxygen atoms in total. The molecule has 1 aliphatic carbocycles. The van der Waals surface area contributed by atoms with Crippen LogP contribution in [0.4, 0.5) is 15.9 Å². The van der Waals surface area contributed by atoms with Gasteiger partial charge in [-0.15, -0.1) is 6.42 Å². The molecule has 6 fully saturated rings. The number of rotatable bonds is 11. The topological polar surface area (TPSA) is 194 Å². The number of pyridine rings is 1. The minimum atomic E-state index is -0.986. The van der Waals surface area contributed by atoms with Crippen LogP contribution < -0.4 is 25.2 Å². The Balaban J connectivity index is 0.00000182. The molecule has 3 N–H and O–H groups in total. The van der Waals surface area contributed by atoms with Gasteiger partial charge >= 0.3 is 6.01 Å². The lowest BCUT2D eigenvalue weighted by Crippen LogP contribution is -2.54. The highest BCUT2D eigenvalue weighted by Gasteiger charge is 2.47. The normalized spacial score (nSPS) is 23.2. The van der Waals surface area contributed by atoms with Crippen LogP contribution in [0, 0.1) is 29.5 Å². The third-order valence-corrected chi connectivity index (χ3v) is 15.9. The summed E-state index contributed by atoms with van der Waals surface area (Å²) < 4.78 is 23.6. The zero-order valence-electron chi connectivity index (χ0n) is 40.0. The van der Waals surface area contributed by atoms with Gasteiger partial charge in [-0.1, -0.05) is 42.3 Å². The molecule has 8 heterocycles. The first-order valence-corrected chi connectivity index (χ1v) is 25.1. The molecule has 0 radical (unpaired) electrons. The molecule has 1 saturated carbocycles. The van der Waals surface area contributed by atoms with Crippen molar-refractivity contribution < 1.29 is 38.2 Å². The van der Waals surface area contributed by atoms with Crippen molar-refractivity contribution in [3.8, 4) is 29.6 Å². The SMILES string of the molecule is C#Cc1cccc2cccc(-c3ncc4c(N5CC6CCC(C5)N6)nc(OCC5(CN6CCN(CC7CCN(c8cccc9c8C(=O)N(C8CCC(=O)NC8=O)C9=O)CC7)CC6)CC5)nc4c3F)c12.O=CO. The molecular formula is C54H57FN10O7. The number of imide groups is 2. The summed E-state index contributed by atoms with van der Waals surface area (Å²) in [4.78, 5) is 85.1. The number of carbonyl (C=O) groups excluding carboxylic acids is 4. The number of terminal acetylenes is 1. The molecule has 3 aromatic carbocycles. The number of hydrogen-bond donors (Lipinski definition) is 3. The van der Waals surface area contributed by atoms with Gasteiger partial charge in [0.05, 0.1) is 28.8 Å². The Morgan fingerprint density at radius 2 is 1.54 bits per heavy atom.